The van der Waals surface area contributed by atoms with Crippen molar-refractivity contribution in [1.82, 2.24) is 10.2 Å². The van der Waals surface area contributed by atoms with Gasteiger partial charge in [-0.3, -0.25) is 4.90 Å². The second-order valence-corrected chi connectivity index (χ2v) is 5.58. The van der Waals surface area contributed by atoms with Gasteiger partial charge < -0.3 is 10.1 Å². The molecule has 0 amide bonds. The van der Waals surface area contributed by atoms with Crippen molar-refractivity contribution in [2.75, 3.05) is 32.8 Å². The largest absolute Gasteiger partial charge is 0.381 e. The van der Waals surface area contributed by atoms with Crippen LogP contribution in [0.3, 0.4) is 0 Å². The fraction of sp³-hybridized carbons (Fsp3) is 1.00. The number of likely N-dealkylation sites (tertiary alicyclic amines) is 1. The third-order valence-corrected chi connectivity index (χ3v) is 3.78. The van der Waals surface area contributed by atoms with E-state index < -0.39 is 0 Å². The van der Waals surface area contributed by atoms with E-state index in [0.717, 1.165) is 37.8 Å². The molecule has 2 rings (SSSR count). The van der Waals surface area contributed by atoms with Crippen molar-refractivity contribution < 1.29 is 4.74 Å². The van der Waals surface area contributed by atoms with Crippen LogP contribution in [0.4, 0.5) is 0 Å². The van der Waals surface area contributed by atoms with Crippen LogP contribution < -0.4 is 5.32 Å². The summed E-state index contributed by atoms with van der Waals surface area (Å²) in [7, 11) is 0. The zero-order valence-electron chi connectivity index (χ0n) is 10.7. The van der Waals surface area contributed by atoms with Crippen molar-refractivity contribution in [3.05, 3.63) is 0 Å². The van der Waals surface area contributed by atoms with Gasteiger partial charge in [0, 0.05) is 38.4 Å². The van der Waals surface area contributed by atoms with Gasteiger partial charge in [0.05, 0.1) is 0 Å². The van der Waals surface area contributed by atoms with Crippen LogP contribution in [0, 0.1) is 5.92 Å². The van der Waals surface area contributed by atoms with Gasteiger partial charge in [0.1, 0.15) is 0 Å². The van der Waals surface area contributed by atoms with Gasteiger partial charge in [0.25, 0.3) is 0 Å². The minimum absolute atomic E-state index is 0.761. The molecule has 0 aromatic heterocycles. The Morgan fingerprint density at radius 3 is 2.56 bits per heavy atom. The minimum atomic E-state index is 0.761. The third kappa shape index (κ3) is 3.19. The molecule has 0 saturated carbocycles. The second-order valence-electron chi connectivity index (χ2n) is 5.58. The molecule has 0 aliphatic carbocycles. The number of ether oxygens (including phenoxy) is 1. The molecule has 2 saturated heterocycles. The summed E-state index contributed by atoms with van der Waals surface area (Å²) in [4.78, 5) is 2.69. The lowest BCUT2D eigenvalue weighted by molar-refractivity contribution is -0.0227. The molecule has 16 heavy (non-hydrogen) atoms. The summed E-state index contributed by atoms with van der Waals surface area (Å²) >= 11 is 0. The Morgan fingerprint density at radius 1 is 1.25 bits per heavy atom. The highest BCUT2D eigenvalue weighted by molar-refractivity contribution is 4.90. The minimum Gasteiger partial charge on any atom is -0.381 e. The van der Waals surface area contributed by atoms with E-state index in [0.29, 0.717) is 0 Å². The van der Waals surface area contributed by atoms with Crippen molar-refractivity contribution in [3.8, 4) is 0 Å². The summed E-state index contributed by atoms with van der Waals surface area (Å²) in [6.45, 7) is 10.1. The van der Waals surface area contributed by atoms with Gasteiger partial charge in [-0.1, -0.05) is 13.8 Å². The molecule has 0 aromatic rings. The summed E-state index contributed by atoms with van der Waals surface area (Å²) in [6.07, 6.45) is 3.85. The molecule has 1 unspecified atom stereocenters. The predicted molar refractivity (Wildman–Crippen MR) is 66.7 cm³/mol. The Hall–Kier alpha value is -0.120. The van der Waals surface area contributed by atoms with E-state index in [9.17, 15) is 0 Å². The van der Waals surface area contributed by atoms with Crippen LogP contribution in [0.1, 0.15) is 33.1 Å². The lowest BCUT2D eigenvalue weighted by Gasteiger charge is -2.47. The quantitative estimate of drug-likeness (QED) is 0.768. The maximum Gasteiger partial charge on any atom is 0.0480 e. The molecule has 2 aliphatic rings. The van der Waals surface area contributed by atoms with Gasteiger partial charge >= 0.3 is 0 Å². The van der Waals surface area contributed by atoms with Crippen molar-refractivity contribution in [2.24, 2.45) is 5.92 Å². The Bertz CT molecular complexity index is 202. The molecule has 0 aromatic carbocycles. The molecular weight excluding hydrogens is 200 g/mol. The fourth-order valence-corrected chi connectivity index (χ4v) is 2.72. The molecule has 2 fully saturated rings. The number of nitrogens with zero attached hydrogens (tertiary/aromatic N) is 1. The number of nitrogens with one attached hydrogen (secondary N) is 1. The molecule has 1 N–H and O–H groups in total. The highest BCUT2D eigenvalue weighted by Gasteiger charge is 2.33. The molecule has 0 radical (unpaired) electrons. The Labute approximate surface area is 99.5 Å². The predicted octanol–water partition coefficient (Wildman–Crippen LogP) is 1.49. The van der Waals surface area contributed by atoms with Crippen LogP contribution in [-0.4, -0.2) is 49.8 Å². The van der Waals surface area contributed by atoms with Gasteiger partial charge in [-0.2, -0.15) is 0 Å². The fourth-order valence-electron chi connectivity index (χ4n) is 2.72. The third-order valence-electron chi connectivity index (χ3n) is 3.78. The first-order chi connectivity index (χ1) is 7.77. The summed E-state index contributed by atoms with van der Waals surface area (Å²) < 4.78 is 5.42. The van der Waals surface area contributed by atoms with Crippen molar-refractivity contribution in [2.45, 2.75) is 45.2 Å². The zero-order valence-corrected chi connectivity index (χ0v) is 10.7. The van der Waals surface area contributed by atoms with Gasteiger partial charge in [-0.05, 0) is 31.7 Å². The van der Waals surface area contributed by atoms with Crippen molar-refractivity contribution in [1.29, 1.82) is 0 Å². The first kappa shape index (κ1) is 12.3. The topological polar surface area (TPSA) is 24.5 Å². The first-order valence-corrected chi connectivity index (χ1v) is 6.81. The first-order valence-electron chi connectivity index (χ1n) is 6.81. The summed E-state index contributed by atoms with van der Waals surface area (Å²) in [5, 5.41) is 3.58. The van der Waals surface area contributed by atoms with Gasteiger partial charge in [-0.25, -0.2) is 0 Å². The van der Waals surface area contributed by atoms with Crippen molar-refractivity contribution in [3.63, 3.8) is 0 Å². The van der Waals surface area contributed by atoms with Crippen LogP contribution in [0.5, 0.6) is 0 Å². The maximum atomic E-state index is 5.42. The average Bonchev–Trinajstić information content (AvgIpc) is 2.24. The van der Waals surface area contributed by atoms with E-state index in [1.54, 1.807) is 0 Å². The standard InChI is InChI=1S/C13H26N2O/c1-11(2)9-14-10-13-3-6-15(13)12-4-7-16-8-5-12/h11-14H,3-10H2,1-2H3. The molecule has 94 valence electrons. The van der Waals surface area contributed by atoms with E-state index in [4.69, 9.17) is 4.74 Å². The van der Waals surface area contributed by atoms with E-state index in [-0.39, 0.29) is 0 Å². The number of hydrogen-bond acceptors (Lipinski definition) is 3. The van der Waals surface area contributed by atoms with E-state index in [1.165, 1.54) is 32.4 Å². The Morgan fingerprint density at radius 2 is 2.00 bits per heavy atom. The van der Waals surface area contributed by atoms with Crippen LogP contribution in [0.2, 0.25) is 0 Å². The molecular formula is C13H26N2O. The smallest absolute Gasteiger partial charge is 0.0480 e. The van der Waals surface area contributed by atoms with Crippen LogP contribution in [-0.2, 0) is 4.74 Å². The monoisotopic (exact) mass is 226 g/mol. The highest BCUT2D eigenvalue weighted by Crippen LogP contribution is 2.25. The molecule has 0 bridgehead atoms. The lowest BCUT2D eigenvalue weighted by Crippen LogP contribution is -2.58. The molecule has 0 spiro atoms. The summed E-state index contributed by atoms with van der Waals surface area (Å²) in [5.74, 6) is 0.761. The molecule has 1 atom stereocenters. The maximum absolute atomic E-state index is 5.42. The lowest BCUT2D eigenvalue weighted by atomic mass is 9.95. The van der Waals surface area contributed by atoms with Gasteiger partial charge in [0.15, 0.2) is 0 Å². The Kier molecular flexibility index (Phi) is 4.62. The molecule has 3 nitrogen and oxygen atoms in total. The second kappa shape index (κ2) is 5.99. The van der Waals surface area contributed by atoms with Crippen molar-refractivity contribution >= 4 is 0 Å². The SMILES string of the molecule is CC(C)CNCC1CCN1C1CCOCC1. The number of rotatable bonds is 5. The molecule has 2 aliphatic heterocycles. The van der Waals surface area contributed by atoms with E-state index >= 15 is 0 Å². The normalized spacial score (nSPS) is 28.3. The van der Waals surface area contributed by atoms with Crippen LogP contribution in [0.15, 0.2) is 0 Å². The average molecular weight is 226 g/mol. The summed E-state index contributed by atoms with van der Waals surface area (Å²) in [5.41, 5.74) is 0. The molecule has 2 heterocycles. The highest BCUT2D eigenvalue weighted by atomic mass is 16.5. The van der Waals surface area contributed by atoms with Crippen LogP contribution >= 0.6 is 0 Å². The van der Waals surface area contributed by atoms with E-state index in [2.05, 4.69) is 24.1 Å². The van der Waals surface area contributed by atoms with Gasteiger partial charge in [-0.15, -0.1) is 0 Å². The van der Waals surface area contributed by atoms with Crippen LogP contribution in [0.25, 0.3) is 0 Å². The van der Waals surface area contributed by atoms with Gasteiger partial charge in [0.2, 0.25) is 0 Å². The number of hydrogen-bond donors (Lipinski definition) is 1. The Balaban J connectivity index is 1.66. The summed E-state index contributed by atoms with van der Waals surface area (Å²) in [6, 6.07) is 1.59. The zero-order chi connectivity index (χ0) is 11.4. The van der Waals surface area contributed by atoms with E-state index in [1.807, 2.05) is 0 Å². The molecule has 3 heteroatoms.